The molecule has 1 N–H and O–H groups in total. The zero-order chi connectivity index (χ0) is 12.5. The molecule has 2 aliphatic rings. The van der Waals surface area contributed by atoms with Gasteiger partial charge in [0.25, 0.3) is 0 Å². The van der Waals surface area contributed by atoms with Crippen molar-refractivity contribution in [3.8, 4) is 0 Å². The van der Waals surface area contributed by atoms with Gasteiger partial charge in [-0.3, -0.25) is 9.59 Å². The molecule has 2 saturated heterocycles. The molecule has 0 bridgehead atoms. The van der Waals surface area contributed by atoms with Gasteiger partial charge in [-0.05, 0) is 37.7 Å². The largest absolute Gasteiger partial charge is 0.481 e. The van der Waals surface area contributed by atoms with E-state index in [9.17, 15) is 9.59 Å². The normalized spacial score (nSPS) is 30.5. The molecule has 4 nitrogen and oxygen atoms in total. The first kappa shape index (κ1) is 12.7. The summed E-state index contributed by atoms with van der Waals surface area (Å²) in [6.45, 7) is 2.72. The molecule has 2 rings (SSSR count). The second-order valence-electron chi connectivity index (χ2n) is 5.26. The van der Waals surface area contributed by atoms with Gasteiger partial charge in [0.2, 0.25) is 5.91 Å². The molecule has 1 atom stereocenters. The maximum atomic E-state index is 12.2. The lowest BCUT2D eigenvalue weighted by molar-refractivity contribution is -0.147. The van der Waals surface area contributed by atoms with Crippen molar-refractivity contribution in [1.82, 2.24) is 4.90 Å². The molecule has 0 aliphatic carbocycles. The lowest BCUT2D eigenvalue weighted by atomic mass is 9.90. The Kier molecular flexibility index (Phi) is 3.66. The third-order valence-electron chi connectivity index (χ3n) is 3.87. The fourth-order valence-electron chi connectivity index (χ4n) is 2.53. The molecule has 1 unspecified atom stereocenters. The van der Waals surface area contributed by atoms with Gasteiger partial charge >= 0.3 is 5.97 Å². The minimum Gasteiger partial charge on any atom is -0.481 e. The Bertz CT molecular complexity index is 328. The molecule has 2 fully saturated rings. The number of carbonyl (C=O) groups is 2. The number of amides is 1. The quantitative estimate of drug-likeness (QED) is 0.813. The average Bonchev–Trinajstić information content (AvgIpc) is 2.74. The molecule has 0 aromatic carbocycles. The highest BCUT2D eigenvalue weighted by Gasteiger charge is 2.43. The van der Waals surface area contributed by atoms with Crippen molar-refractivity contribution in [1.29, 1.82) is 0 Å². The van der Waals surface area contributed by atoms with E-state index < -0.39 is 11.4 Å². The molecule has 5 heteroatoms. The van der Waals surface area contributed by atoms with Crippen LogP contribution in [0.5, 0.6) is 0 Å². The number of likely N-dealkylation sites (tertiary alicyclic amines) is 1. The number of carboxylic acids is 1. The van der Waals surface area contributed by atoms with E-state index in [4.69, 9.17) is 5.11 Å². The summed E-state index contributed by atoms with van der Waals surface area (Å²) in [5.74, 6) is 1.63. The Labute approximate surface area is 106 Å². The van der Waals surface area contributed by atoms with Crippen LogP contribution in [-0.2, 0) is 9.59 Å². The highest BCUT2D eigenvalue weighted by molar-refractivity contribution is 7.99. The number of thioether (sulfide) groups is 1. The molecule has 0 radical (unpaired) electrons. The Morgan fingerprint density at radius 1 is 1.35 bits per heavy atom. The highest BCUT2D eigenvalue weighted by Crippen LogP contribution is 2.33. The van der Waals surface area contributed by atoms with Crippen LogP contribution >= 0.6 is 11.8 Å². The number of nitrogens with zero attached hydrogens (tertiary/aromatic N) is 1. The summed E-state index contributed by atoms with van der Waals surface area (Å²) < 4.78 is 0. The van der Waals surface area contributed by atoms with Crippen molar-refractivity contribution in [2.45, 2.75) is 26.2 Å². The van der Waals surface area contributed by atoms with E-state index in [1.54, 1.807) is 11.8 Å². The molecule has 0 aromatic heterocycles. The zero-order valence-electron chi connectivity index (χ0n) is 10.1. The predicted octanol–water partition coefficient (Wildman–Crippen LogP) is 1.45. The highest BCUT2D eigenvalue weighted by atomic mass is 32.2. The fraction of sp³-hybridized carbons (Fsp3) is 0.833. The number of hydrogen-bond acceptors (Lipinski definition) is 3. The first-order chi connectivity index (χ1) is 8.03. The second-order valence-corrected chi connectivity index (χ2v) is 6.49. The lowest BCUT2D eigenvalue weighted by Gasteiger charge is -2.27. The van der Waals surface area contributed by atoms with E-state index in [2.05, 4.69) is 0 Å². The van der Waals surface area contributed by atoms with Gasteiger partial charge < -0.3 is 10.0 Å². The van der Waals surface area contributed by atoms with Crippen molar-refractivity contribution < 1.29 is 14.7 Å². The number of aliphatic carboxylic acids is 1. The number of rotatable bonds is 2. The van der Waals surface area contributed by atoms with Crippen molar-refractivity contribution in [3.05, 3.63) is 0 Å². The summed E-state index contributed by atoms with van der Waals surface area (Å²) in [5.41, 5.74) is -0.737. The number of hydrogen-bond donors (Lipinski definition) is 1. The lowest BCUT2D eigenvalue weighted by Crippen LogP contribution is -2.39. The predicted molar refractivity (Wildman–Crippen MR) is 67.0 cm³/mol. The molecule has 2 heterocycles. The van der Waals surface area contributed by atoms with E-state index in [0.717, 1.165) is 24.3 Å². The average molecular weight is 257 g/mol. The number of carboxylic acid groups (broad SMARTS) is 1. The molecule has 0 saturated carbocycles. The van der Waals surface area contributed by atoms with Crippen LogP contribution in [0.3, 0.4) is 0 Å². The summed E-state index contributed by atoms with van der Waals surface area (Å²) in [5, 5.41) is 9.14. The van der Waals surface area contributed by atoms with Crippen LogP contribution in [0.4, 0.5) is 0 Å². The second kappa shape index (κ2) is 4.88. The van der Waals surface area contributed by atoms with Crippen molar-refractivity contribution in [2.24, 2.45) is 11.3 Å². The summed E-state index contributed by atoms with van der Waals surface area (Å²) in [6, 6.07) is 0. The van der Waals surface area contributed by atoms with Crippen LogP contribution in [0.15, 0.2) is 0 Å². The third kappa shape index (κ3) is 2.59. The third-order valence-corrected chi connectivity index (χ3v) is 4.92. The molecular weight excluding hydrogens is 238 g/mol. The van der Waals surface area contributed by atoms with Crippen LogP contribution < -0.4 is 0 Å². The van der Waals surface area contributed by atoms with Crippen LogP contribution in [0.1, 0.15) is 26.2 Å². The van der Waals surface area contributed by atoms with E-state index in [1.165, 1.54) is 0 Å². The van der Waals surface area contributed by atoms with E-state index in [0.29, 0.717) is 19.5 Å². The Balaban J connectivity index is 1.95. The van der Waals surface area contributed by atoms with Gasteiger partial charge in [-0.1, -0.05) is 0 Å². The molecule has 96 valence electrons. The Morgan fingerprint density at radius 3 is 2.53 bits per heavy atom. The fourth-order valence-corrected chi connectivity index (χ4v) is 3.63. The summed E-state index contributed by atoms with van der Waals surface area (Å²) in [7, 11) is 0. The topological polar surface area (TPSA) is 57.6 Å². The maximum Gasteiger partial charge on any atom is 0.311 e. The van der Waals surface area contributed by atoms with E-state index >= 15 is 0 Å². The standard InChI is InChI=1S/C12H19NO3S/c1-12(11(15)16)4-5-13(8-12)10(14)9-2-6-17-7-3-9/h9H,2-8H2,1H3,(H,15,16). The maximum absolute atomic E-state index is 12.2. The molecule has 1 amide bonds. The molecule has 2 aliphatic heterocycles. The molecule has 17 heavy (non-hydrogen) atoms. The van der Waals surface area contributed by atoms with Gasteiger partial charge in [0, 0.05) is 19.0 Å². The first-order valence-electron chi connectivity index (χ1n) is 6.13. The van der Waals surface area contributed by atoms with Gasteiger partial charge in [0.15, 0.2) is 0 Å². The Morgan fingerprint density at radius 2 is 2.00 bits per heavy atom. The minimum absolute atomic E-state index is 0.132. The Hall–Kier alpha value is -0.710. The van der Waals surface area contributed by atoms with Gasteiger partial charge in [-0.25, -0.2) is 0 Å². The summed E-state index contributed by atoms with van der Waals surface area (Å²) >= 11 is 1.90. The van der Waals surface area contributed by atoms with Gasteiger partial charge in [0.05, 0.1) is 5.41 Å². The monoisotopic (exact) mass is 257 g/mol. The number of carbonyl (C=O) groups excluding carboxylic acids is 1. The van der Waals surface area contributed by atoms with Gasteiger partial charge in [-0.15, -0.1) is 0 Å². The van der Waals surface area contributed by atoms with Crippen molar-refractivity contribution in [3.63, 3.8) is 0 Å². The van der Waals surface area contributed by atoms with Crippen LogP contribution in [0.25, 0.3) is 0 Å². The minimum atomic E-state index is -0.785. The van der Waals surface area contributed by atoms with E-state index in [1.807, 2.05) is 11.8 Å². The molecule has 0 spiro atoms. The van der Waals surface area contributed by atoms with Gasteiger partial charge in [0.1, 0.15) is 0 Å². The van der Waals surface area contributed by atoms with Crippen molar-refractivity contribution >= 4 is 23.6 Å². The van der Waals surface area contributed by atoms with E-state index in [-0.39, 0.29) is 11.8 Å². The first-order valence-corrected chi connectivity index (χ1v) is 7.28. The molecular formula is C12H19NO3S. The smallest absolute Gasteiger partial charge is 0.311 e. The summed E-state index contributed by atoms with van der Waals surface area (Å²) in [4.78, 5) is 25.1. The SMILES string of the molecule is CC1(C(=O)O)CCN(C(=O)C2CCSCC2)C1. The van der Waals surface area contributed by atoms with Crippen LogP contribution in [0.2, 0.25) is 0 Å². The van der Waals surface area contributed by atoms with Crippen LogP contribution in [-0.4, -0.2) is 46.5 Å². The van der Waals surface area contributed by atoms with Crippen LogP contribution in [0, 0.1) is 11.3 Å². The zero-order valence-corrected chi connectivity index (χ0v) is 11.0. The summed E-state index contributed by atoms with van der Waals surface area (Å²) in [6.07, 6.45) is 2.48. The van der Waals surface area contributed by atoms with Gasteiger partial charge in [-0.2, -0.15) is 11.8 Å². The van der Waals surface area contributed by atoms with Crippen molar-refractivity contribution in [2.75, 3.05) is 24.6 Å². The molecule has 0 aromatic rings.